The van der Waals surface area contributed by atoms with Crippen molar-refractivity contribution in [2.45, 2.75) is 26.5 Å². The fourth-order valence-corrected chi connectivity index (χ4v) is 3.35. The number of hydrogen-bond donors (Lipinski definition) is 1. The minimum Gasteiger partial charge on any atom is -0.392 e. The number of β-amino-alcohol motifs (C(OH)–C–C–N with tert-alkyl or cyclic N) is 1. The number of para-hydroxylation sites is 1. The number of carbonyl (C=O) groups excluding carboxylic acids is 1. The Morgan fingerprint density at radius 2 is 1.91 bits per heavy atom. The standard InChI is InChI=1S/C18H25N3O2/c1-14-11-16-5-3-4-6-17(16)21(14)13-18(23)20-9-7-19(8-10-20)12-15(2)22/h3-6,11,15,22H,7-10,12-13H2,1-2H3/t15-/m1/s1. The van der Waals surface area contributed by atoms with E-state index in [9.17, 15) is 9.90 Å². The van der Waals surface area contributed by atoms with Crippen LogP contribution in [0, 0.1) is 6.92 Å². The summed E-state index contributed by atoms with van der Waals surface area (Å²) in [5.74, 6) is 0.172. The predicted molar refractivity (Wildman–Crippen MR) is 91.4 cm³/mol. The number of amides is 1. The topological polar surface area (TPSA) is 48.7 Å². The van der Waals surface area contributed by atoms with Gasteiger partial charge in [0.25, 0.3) is 0 Å². The van der Waals surface area contributed by atoms with Crippen molar-refractivity contribution in [2.24, 2.45) is 0 Å². The van der Waals surface area contributed by atoms with Crippen LogP contribution < -0.4 is 0 Å². The normalized spacial score (nSPS) is 17.6. The van der Waals surface area contributed by atoms with Crippen LogP contribution in [0.1, 0.15) is 12.6 Å². The van der Waals surface area contributed by atoms with E-state index >= 15 is 0 Å². The van der Waals surface area contributed by atoms with E-state index in [0.717, 1.165) is 37.4 Å². The largest absolute Gasteiger partial charge is 0.392 e. The molecule has 1 amide bonds. The fraction of sp³-hybridized carbons (Fsp3) is 0.500. The van der Waals surface area contributed by atoms with E-state index in [4.69, 9.17) is 0 Å². The van der Waals surface area contributed by atoms with Crippen LogP contribution in [0.4, 0.5) is 0 Å². The molecular formula is C18H25N3O2. The fourth-order valence-electron chi connectivity index (χ4n) is 3.35. The van der Waals surface area contributed by atoms with E-state index in [-0.39, 0.29) is 12.0 Å². The zero-order valence-corrected chi connectivity index (χ0v) is 13.9. The predicted octanol–water partition coefficient (Wildman–Crippen LogP) is 1.47. The van der Waals surface area contributed by atoms with E-state index < -0.39 is 0 Å². The van der Waals surface area contributed by atoms with Crippen molar-refractivity contribution < 1.29 is 9.90 Å². The SMILES string of the molecule is Cc1cc2ccccc2n1CC(=O)N1CCN(C[C@@H](C)O)CC1. The first-order valence-electron chi connectivity index (χ1n) is 8.27. The van der Waals surface area contributed by atoms with Crippen molar-refractivity contribution in [3.63, 3.8) is 0 Å². The number of fused-ring (bicyclic) bond motifs is 1. The Morgan fingerprint density at radius 3 is 2.61 bits per heavy atom. The molecule has 5 heteroatoms. The number of piperazine rings is 1. The van der Waals surface area contributed by atoms with Crippen LogP contribution in [-0.2, 0) is 11.3 Å². The molecule has 1 aromatic carbocycles. The number of aryl methyl sites for hydroxylation is 1. The van der Waals surface area contributed by atoms with Crippen molar-refractivity contribution in [2.75, 3.05) is 32.7 Å². The summed E-state index contributed by atoms with van der Waals surface area (Å²) in [6.45, 7) is 8.09. The van der Waals surface area contributed by atoms with Crippen LogP contribution in [0.3, 0.4) is 0 Å². The Hall–Kier alpha value is -1.85. The minimum absolute atomic E-state index is 0.172. The second-order valence-electron chi connectivity index (χ2n) is 6.46. The molecule has 0 radical (unpaired) electrons. The van der Waals surface area contributed by atoms with E-state index in [2.05, 4.69) is 27.7 Å². The highest BCUT2D eigenvalue weighted by atomic mass is 16.3. The summed E-state index contributed by atoms with van der Waals surface area (Å²) in [5.41, 5.74) is 2.23. The number of nitrogens with zero attached hydrogens (tertiary/aromatic N) is 3. The van der Waals surface area contributed by atoms with Crippen molar-refractivity contribution in [1.29, 1.82) is 0 Å². The van der Waals surface area contributed by atoms with Gasteiger partial charge in [-0.15, -0.1) is 0 Å². The lowest BCUT2D eigenvalue weighted by Crippen LogP contribution is -2.50. The van der Waals surface area contributed by atoms with Crippen molar-refractivity contribution in [3.05, 3.63) is 36.0 Å². The molecule has 1 saturated heterocycles. The highest BCUT2D eigenvalue weighted by Gasteiger charge is 2.22. The lowest BCUT2D eigenvalue weighted by atomic mass is 10.2. The summed E-state index contributed by atoms with van der Waals surface area (Å²) in [4.78, 5) is 16.8. The molecule has 1 N–H and O–H groups in total. The number of aromatic nitrogens is 1. The smallest absolute Gasteiger partial charge is 0.242 e. The number of rotatable bonds is 4. The van der Waals surface area contributed by atoms with Gasteiger partial charge in [0.2, 0.25) is 5.91 Å². The Labute approximate surface area is 137 Å². The summed E-state index contributed by atoms with van der Waals surface area (Å²) in [6, 6.07) is 10.3. The van der Waals surface area contributed by atoms with E-state index in [1.807, 2.05) is 24.0 Å². The zero-order valence-electron chi connectivity index (χ0n) is 13.9. The molecule has 3 rings (SSSR count). The molecule has 23 heavy (non-hydrogen) atoms. The third-order valence-corrected chi connectivity index (χ3v) is 4.56. The third kappa shape index (κ3) is 3.57. The van der Waals surface area contributed by atoms with Crippen LogP contribution in [0.25, 0.3) is 10.9 Å². The number of carbonyl (C=O) groups is 1. The molecule has 1 aromatic heterocycles. The maximum atomic E-state index is 12.6. The molecule has 0 unspecified atom stereocenters. The molecule has 5 nitrogen and oxygen atoms in total. The maximum absolute atomic E-state index is 12.6. The first kappa shape index (κ1) is 16.0. The van der Waals surface area contributed by atoms with Gasteiger partial charge in [-0.1, -0.05) is 18.2 Å². The van der Waals surface area contributed by atoms with Crippen LogP contribution >= 0.6 is 0 Å². The molecule has 0 saturated carbocycles. The first-order valence-corrected chi connectivity index (χ1v) is 8.27. The maximum Gasteiger partial charge on any atom is 0.242 e. The van der Waals surface area contributed by atoms with Gasteiger partial charge in [0.15, 0.2) is 0 Å². The Kier molecular flexibility index (Phi) is 4.68. The number of aliphatic hydroxyl groups is 1. The average molecular weight is 315 g/mol. The first-order chi connectivity index (χ1) is 11.0. The van der Waals surface area contributed by atoms with Gasteiger partial charge in [-0.05, 0) is 31.4 Å². The van der Waals surface area contributed by atoms with Crippen molar-refractivity contribution in [1.82, 2.24) is 14.4 Å². The monoisotopic (exact) mass is 315 g/mol. The van der Waals surface area contributed by atoms with Crippen LogP contribution in [0.15, 0.2) is 30.3 Å². The lowest BCUT2D eigenvalue weighted by Gasteiger charge is -2.35. The zero-order chi connectivity index (χ0) is 16.4. The van der Waals surface area contributed by atoms with Gasteiger partial charge in [0.05, 0.1) is 6.10 Å². The third-order valence-electron chi connectivity index (χ3n) is 4.56. The molecule has 1 aliphatic rings. The average Bonchev–Trinajstić information content (AvgIpc) is 2.83. The lowest BCUT2D eigenvalue weighted by molar-refractivity contribution is -0.133. The molecule has 0 aliphatic carbocycles. The highest BCUT2D eigenvalue weighted by Crippen LogP contribution is 2.19. The molecular weight excluding hydrogens is 290 g/mol. The van der Waals surface area contributed by atoms with E-state index in [0.29, 0.717) is 13.1 Å². The number of hydrogen-bond acceptors (Lipinski definition) is 3. The van der Waals surface area contributed by atoms with E-state index in [1.54, 1.807) is 6.92 Å². The second kappa shape index (κ2) is 6.72. The van der Waals surface area contributed by atoms with Crippen LogP contribution in [0.5, 0.6) is 0 Å². The Bertz CT molecular complexity index is 685. The van der Waals surface area contributed by atoms with Gasteiger partial charge in [0.1, 0.15) is 6.54 Å². The second-order valence-corrected chi connectivity index (χ2v) is 6.46. The molecule has 1 aliphatic heterocycles. The summed E-state index contributed by atoms with van der Waals surface area (Å²) in [5, 5.41) is 10.6. The molecule has 2 aromatic rings. The summed E-state index contributed by atoms with van der Waals surface area (Å²) < 4.78 is 2.10. The van der Waals surface area contributed by atoms with Gasteiger partial charge in [-0.25, -0.2) is 0 Å². The van der Waals surface area contributed by atoms with Crippen LogP contribution in [-0.4, -0.2) is 64.2 Å². The van der Waals surface area contributed by atoms with Crippen molar-refractivity contribution >= 4 is 16.8 Å². The Balaban J connectivity index is 1.64. The molecule has 0 spiro atoms. The summed E-state index contributed by atoms with van der Waals surface area (Å²) >= 11 is 0. The molecule has 0 bridgehead atoms. The number of benzene rings is 1. The van der Waals surface area contributed by atoms with Gasteiger partial charge >= 0.3 is 0 Å². The molecule has 1 atom stereocenters. The quantitative estimate of drug-likeness (QED) is 0.929. The Morgan fingerprint density at radius 1 is 1.22 bits per heavy atom. The number of aliphatic hydroxyl groups excluding tert-OH is 1. The van der Waals surface area contributed by atoms with E-state index in [1.165, 1.54) is 5.39 Å². The van der Waals surface area contributed by atoms with Gasteiger partial charge in [-0.2, -0.15) is 0 Å². The minimum atomic E-state index is -0.314. The molecule has 1 fully saturated rings. The summed E-state index contributed by atoms with van der Waals surface area (Å²) in [6.07, 6.45) is -0.314. The van der Waals surface area contributed by atoms with Gasteiger partial charge < -0.3 is 14.6 Å². The molecule has 124 valence electrons. The molecule has 2 heterocycles. The van der Waals surface area contributed by atoms with Gasteiger partial charge in [-0.3, -0.25) is 9.69 Å². The highest BCUT2D eigenvalue weighted by molar-refractivity contribution is 5.84. The van der Waals surface area contributed by atoms with Crippen molar-refractivity contribution in [3.8, 4) is 0 Å². The summed E-state index contributed by atoms with van der Waals surface area (Å²) in [7, 11) is 0. The van der Waals surface area contributed by atoms with Crippen LogP contribution in [0.2, 0.25) is 0 Å². The van der Waals surface area contributed by atoms with Gasteiger partial charge in [0, 0.05) is 43.9 Å².